The van der Waals surface area contributed by atoms with Gasteiger partial charge < -0.3 is 15.4 Å². The summed E-state index contributed by atoms with van der Waals surface area (Å²) in [5.41, 5.74) is -0.493. The number of nitrogens with zero attached hydrogens (tertiary/aromatic N) is 2. The van der Waals surface area contributed by atoms with Crippen LogP contribution in [0.2, 0.25) is 0 Å². The van der Waals surface area contributed by atoms with Gasteiger partial charge in [0, 0.05) is 19.2 Å². The largest absolute Gasteiger partial charge is 0.418 e. The van der Waals surface area contributed by atoms with Crippen molar-refractivity contribution in [2.45, 2.75) is 36.7 Å². The highest BCUT2D eigenvalue weighted by molar-refractivity contribution is 7.92. The third-order valence-electron chi connectivity index (χ3n) is 5.90. The van der Waals surface area contributed by atoms with Crippen LogP contribution in [-0.2, 0) is 20.9 Å². The molecule has 1 aliphatic rings. The van der Waals surface area contributed by atoms with E-state index in [1.807, 2.05) is 0 Å². The normalized spacial score (nSPS) is 18.1. The first-order valence-corrected chi connectivity index (χ1v) is 12.7. The molecule has 0 radical (unpaired) electrons. The van der Waals surface area contributed by atoms with Crippen molar-refractivity contribution in [1.82, 2.24) is 15.3 Å². The summed E-state index contributed by atoms with van der Waals surface area (Å²) in [7, 11) is -2.64. The second-order valence-corrected chi connectivity index (χ2v) is 10.0. The molecular weight excluding hydrogens is 531 g/mol. The van der Waals surface area contributed by atoms with Crippen LogP contribution in [0.4, 0.5) is 24.8 Å². The number of rotatable bonds is 7. The van der Waals surface area contributed by atoms with Crippen LogP contribution in [0, 0.1) is 6.92 Å². The number of alkyl halides is 3. The van der Waals surface area contributed by atoms with Crippen LogP contribution in [0.3, 0.4) is 0 Å². The van der Waals surface area contributed by atoms with Gasteiger partial charge in [-0.25, -0.2) is 9.97 Å². The van der Waals surface area contributed by atoms with Crippen molar-refractivity contribution >= 4 is 34.1 Å². The maximum atomic E-state index is 13.7. The lowest BCUT2D eigenvalue weighted by Crippen LogP contribution is -2.48. The molecule has 0 unspecified atom stereocenters. The van der Waals surface area contributed by atoms with E-state index in [9.17, 15) is 21.6 Å². The lowest BCUT2D eigenvalue weighted by molar-refractivity contribution is -0.137. The van der Waals surface area contributed by atoms with Crippen molar-refractivity contribution in [3.8, 4) is 11.3 Å². The minimum Gasteiger partial charge on any atom is -0.378 e. The number of pyridine rings is 2. The number of anilines is 2. The average molecular weight is 558 g/mol. The van der Waals surface area contributed by atoms with Crippen molar-refractivity contribution in [2.24, 2.45) is 0 Å². The fourth-order valence-electron chi connectivity index (χ4n) is 4.06. The predicted octanol–water partition coefficient (Wildman–Crippen LogP) is 4.48. The molecule has 1 aromatic carbocycles. The first kappa shape index (κ1) is 28.6. The molecule has 3 N–H and O–H groups in total. The number of hydrogen-bond donors (Lipinski definition) is 3. The van der Waals surface area contributed by atoms with Gasteiger partial charge in [0.1, 0.15) is 11.6 Å². The summed E-state index contributed by atoms with van der Waals surface area (Å²) in [4.78, 5) is 8.25. The van der Waals surface area contributed by atoms with Crippen molar-refractivity contribution < 1.29 is 26.3 Å². The van der Waals surface area contributed by atoms with E-state index in [1.165, 1.54) is 18.2 Å². The number of aromatic nitrogens is 2. The van der Waals surface area contributed by atoms with Gasteiger partial charge in [0.15, 0.2) is 5.03 Å². The van der Waals surface area contributed by atoms with Crippen molar-refractivity contribution in [3.05, 3.63) is 65.7 Å². The maximum Gasteiger partial charge on any atom is 0.418 e. The number of piperidine rings is 1. The zero-order valence-corrected chi connectivity index (χ0v) is 21.7. The van der Waals surface area contributed by atoms with Crippen LogP contribution in [0.1, 0.15) is 17.5 Å². The Bertz CT molecular complexity index is 1340. The third kappa shape index (κ3) is 6.69. The van der Waals surface area contributed by atoms with Crippen molar-refractivity contribution in [1.29, 1.82) is 0 Å². The summed E-state index contributed by atoms with van der Waals surface area (Å²) < 4.78 is 74.9. The molecule has 0 saturated carbocycles. The fourth-order valence-corrected chi connectivity index (χ4v) is 5.03. The van der Waals surface area contributed by atoms with Gasteiger partial charge in [-0.3, -0.25) is 4.72 Å². The lowest BCUT2D eigenvalue weighted by Gasteiger charge is -2.32. The molecule has 4 rings (SSSR count). The van der Waals surface area contributed by atoms with Gasteiger partial charge >= 0.3 is 6.18 Å². The van der Waals surface area contributed by atoms with Crippen LogP contribution in [0.15, 0.2) is 59.6 Å². The molecule has 1 fully saturated rings. The summed E-state index contributed by atoms with van der Waals surface area (Å²) in [6.07, 6.45) is -4.03. The number of halogens is 4. The molecule has 3 heterocycles. The first-order chi connectivity index (χ1) is 17.1. The number of hydrogen-bond acceptors (Lipinski definition) is 7. The molecule has 0 aliphatic carbocycles. The molecule has 0 spiro atoms. The van der Waals surface area contributed by atoms with Crippen LogP contribution >= 0.6 is 12.4 Å². The number of nitrogens with one attached hydrogen (secondary N) is 3. The maximum absolute atomic E-state index is 13.7. The Morgan fingerprint density at radius 3 is 2.49 bits per heavy atom. The van der Waals surface area contributed by atoms with E-state index < -0.39 is 21.8 Å². The van der Waals surface area contributed by atoms with E-state index >= 15 is 0 Å². The summed E-state index contributed by atoms with van der Waals surface area (Å²) >= 11 is 0. The van der Waals surface area contributed by atoms with Gasteiger partial charge in [-0.2, -0.15) is 21.6 Å². The fraction of sp³-hybridized carbons (Fsp3) is 0.333. The van der Waals surface area contributed by atoms with Gasteiger partial charge in [-0.15, -0.1) is 12.4 Å². The highest BCUT2D eigenvalue weighted by atomic mass is 35.5. The Kier molecular flexibility index (Phi) is 9.00. The Hall–Kier alpha value is -2.93. The number of aryl methyl sites for hydroxylation is 1. The smallest absolute Gasteiger partial charge is 0.378 e. The number of benzene rings is 1. The Morgan fingerprint density at radius 1 is 1.03 bits per heavy atom. The summed E-state index contributed by atoms with van der Waals surface area (Å²) in [5, 5.41) is 6.14. The molecule has 13 heteroatoms. The molecule has 1 aliphatic heterocycles. The minimum atomic E-state index is -4.67. The number of ether oxygens (including phenoxy) is 1. The van der Waals surface area contributed by atoms with Gasteiger partial charge in [-0.05, 0) is 49.7 Å². The van der Waals surface area contributed by atoms with Crippen LogP contribution in [-0.4, -0.2) is 50.7 Å². The van der Waals surface area contributed by atoms with E-state index in [0.29, 0.717) is 17.9 Å². The second kappa shape index (κ2) is 11.6. The van der Waals surface area contributed by atoms with Gasteiger partial charge in [0.25, 0.3) is 10.0 Å². The number of sulfonamides is 1. The van der Waals surface area contributed by atoms with Crippen LogP contribution in [0.25, 0.3) is 11.3 Å². The Morgan fingerprint density at radius 2 is 1.78 bits per heavy atom. The van der Waals surface area contributed by atoms with Crippen LogP contribution < -0.4 is 15.4 Å². The highest BCUT2D eigenvalue weighted by Gasteiger charge is 2.35. The minimum absolute atomic E-state index is 0. The summed E-state index contributed by atoms with van der Waals surface area (Å²) in [5.74, 6) is 0.0898. The van der Waals surface area contributed by atoms with Gasteiger partial charge in [0.2, 0.25) is 0 Å². The molecule has 0 amide bonds. The molecule has 0 bridgehead atoms. The van der Waals surface area contributed by atoms with Gasteiger partial charge in [0.05, 0.1) is 23.4 Å². The molecule has 37 heavy (non-hydrogen) atoms. The molecule has 3 aromatic rings. The summed E-state index contributed by atoms with van der Waals surface area (Å²) in [6.45, 7) is 3.09. The molecule has 2 atom stereocenters. The van der Waals surface area contributed by atoms with Crippen molar-refractivity contribution in [3.63, 3.8) is 0 Å². The van der Waals surface area contributed by atoms with E-state index in [-0.39, 0.29) is 46.7 Å². The summed E-state index contributed by atoms with van der Waals surface area (Å²) in [6, 6.07) is 12.7. The molecular formula is C24H27ClF3N5O3S. The molecule has 1 saturated heterocycles. The lowest BCUT2D eigenvalue weighted by atomic mass is 10.0. The second-order valence-electron chi connectivity index (χ2n) is 8.39. The van der Waals surface area contributed by atoms with E-state index in [0.717, 1.165) is 25.1 Å². The monoisotopic (exact) mass is 557 g/mol. The number of methoxy groups -OCH3 is 1. The predicted molar refractivity (Wildman–Crippen MR) is 137 cm³/mol. The van der Waals surface area contributed by atoms with E-state index in [1.54, 1.807) is 38.3 Å². The molecule has 200 valence electrons. The molecule has 2 aromatic heterocycles. The molecule has 8 nitrogen and oxygen atoms in total. The first-order valence-electron chi connectivity index (χ1n) is 11.2. The third-order valence-corrected chi connectivity index (χ3v) is 7.16. The average Bonchev–Trinajstić information content (AvgIpc) is 2.84. The Balaban J connectivity index is 0.00000380. The van der Waals surface area contributed by atoms with Gasteiger partial charge in [-0.1, -0.05) is 30.3 Å². The van der Waals surface area contributed by atoms with Crippen molar-refractivity contribution in [2.75, 3.05) is 30.2 Å². The SMILES string of the molecule is CO[C@@H]1CNCC[C@H]1Nc1cccc(S(=O)(=O)Nc2ccc(C(F)(F)F)c(-c3ccccc3C)n2)n1.Cl. The van der Waals surface area contributed by atoms with E-state index in [2.05, 4.69) is 25.3 Å². The standard InChI is InChI=1S/C24H26F3N5O3S.ClH/c1-15-6-3-4-7-16(15)23-17(24(25,26)27)10-11-21(31-23)32-36(33,34)22-9-5-8-20(30-22)29-18-12-13-28-14-19(18)35-2;/h3-11,18-19,28H,12-14H2,1-2H3,(H,29,30)(H,31,32);1H/t18-,19-;/m1./s1. The zero-order valence-electron chi connectivity index (χ0n) is 20.0. The van der Waals surface area contributed by atoms with Crippen LogP contribution in [0.5, 0.6) is 0 Å². The zero-order chi connectivity index (χ0) is 25.9. The Labute approximate surface area is 219 Å². The quantitative estimate of drug-likeness (QED) is 0.393. The topological polar surface area (TPSA) is 105 Å². The highest BCUT2D eigenvalue weighted by Crippen LogP contribution is 2.38. The van der Waals surface area contributed by atoms with E-state index in [4.69, 9.17) is 4.74 Å².